The van der Waals surface area contributed by atoms with E-state index in [1.165, 1.54) is 0 Å². The Balaban J connectivity index is 2.49. The van der Waals surface area contributed by atoms with Gasteiger partial charge in [-0.1, -0.05) is 13.8 Å². The van der Waals surface area contributed by atoms with Crippen LogP contribution in [0.4, 0.5) is 10.1 Å². The molecule has 0 aromatic heterocycles. The summed E-state index contributed by atoms with van der Waals surface area (Å²) in [4.78, 5) is 0. The average Bonchev–Trinajstić information content (AvgIpc) is 2.48. The molecule has 1 heterocycles. The maximum absolute atomic E-state index is 13.5. The summed E-state index contributed by atoms with van der Waals surface area (Å²) >= 11 is 0. The molecule has 0 fully saturated rings. The van der Waals surface area contributed by atoms with Crippen molar-refractivity contribution in [1.82, 2.24) is 0 Å². The van der Waals surface area contributed by atoms with Gasteiger partial charge in [-0.3, -0.25) is 0 Å². The Kier molecular flexibility index (Phi) is 1.98. The number of benzene rings is 1. The van der Waals surface area contributed by atoms with E-state index in [1.807, 2.05) is 19.9 Å². The summed E-state index contributed by atoms with van der Waals surface area (Å²) in [5.41, 5.74) is 3.04. The predicted octanol–water partition coefficient (Wildman–Crippen LogP) is 2.92. The molecule has 13 heavy (non-hydrogen) atoms. The lowest BCUT2D eigenvalue weighted by Crippen LogP contribution is -1.95. The highest BCUT2D eigenvalue weighted by Gasteiger charge is 2.15. The summed E-state index contributed by atoms with van der Waals surface area (Å²) in [5.74, 6) is 0.199. The van der Waals surface area contributed by atoms with Crippen LogP contribution in [0.25, 0.3) is 0 Å². The maximum atomic E-state index is 13.5. The highest BCUT2D eigenvalue weighted by molar-refractivity contribution is 5.57. The summed E-state index contributed by atoms with van der Waals surface area (Å²) in [6, 6.07) is 3.62. The SMILES string of the molecule is CC(C)c1cc2c(cc1F)CCN2. The molecule has 1 aromatic rings. The van der Waals surface area contributed by atoms with Gasteiger partial charge in [-0.25, -0.2) is 4.39 Å². The Bertz CT molecular complexity index is 331. The fourth-order valence-corrected chi connectivity index (χ4v) is 1.78. The molecular formula is C11H14FN. The Labute approximate surface area is 78.0 Å². The van der Waals surface area contributed by atoms with Gasteiger partial charge in [0.15, 0.2) is 0 Å². The Hall–Kier alpha value is -1.05. The van der Waals surface area contributed by atoms with Crippen LogP contribution in [-0.2, 0) is 6.42 Å². The normalized spacial score (nSPS) is 14.5. The number of rotatable bonds is 1. The molecule has 0 bridgehead atoms. The molecule has 1 nitrogen and oxygen atoms in total. The minimum atomic E-state index is -0.0579. The third-order valence-corrected chi connectivity index (χ3v) is 2.55. The molecular weight excluding hydrogens is 165 g/mol. The number of hydrogen-bond donors (Lipinski definition) is 1. The number of fused-ring (bicyclic) bond motifs is 1. The van der Waals surface area contributed by atoms with Crippen molar-refractivity contribution in [2.24, 2.45) is 0 Å². The fraction of sp³-hybridized carbons (Fsp3) is 0.455. The summed E-state index contributed by atoms with van der Waals surface area (Å²) in [6.45, 7) is 4.97. The van der Waals surface area contributed by atoms with Gasteiger partial charge in [-0.2, -0.15) is 0 Å². The number of hydrogen-bond acceptors (Lipinski definition) is 1. The molecule has 2 rings (SSSR count). The van der Waals surface area contributed by atoms with E-state index in [-0.39, 0.29) is 11.7 Å². The summed E-state index contributed by atoms with van der Waals surface area (Å²) in [7, 11) is 0. The zero-order valence-corrected chi connectivity index (χ0v) is 8.02. The van der Waals surface area contributed by atoms with E-state index in [2.05, 4.69) is 5.32 Å². The van der Waals surface area contributed by atoms with Gasteiger partial charge in [0, 0.05) is 12.2 Å². The van der Waals surface area contributed by atoms with Crippen LogP contribution in [0.5, 0.6) is 0 Å². The molecule has 0 saturated heterocycles. The van der Waals surface area contributed by atoms with E-state index < -0.39 is 0 Å². The Morgan fingerprint density at radius 2 is 2.15 bits per heavy atom. The molecule has 1 aromatic carbocycles. The molecule has 1 aliphatic rings. The molecule has 0 aliphatic carbocycles. The van der Waals surface area contributed by atoms with E-state index in [0.29, 0.717) is 0 Å². The minimum Gasteiger partial charge on any atom is -0.384 e. The molecule has 0 amide bonds. The van der Waals surface area contributed by atoms with Gasteiger partial charge in [0.25, 0.3) is 0 Å². The van der Waals surface area contributed by atoms with Crippen molar-refractivity contribution < 1.29 is 4.39 Å². The van der Waals surface area contributed by atoms with Crippen LogP contribution < -0.4 is 5.32 Å². The number of halogens is 1. The van der Waals surface area contributed by atoms with E-state index >= 15 is 0 Å². The standard InChI is InChI=1S/C11H14FN/c1-7(2)9-6-11-8(3-4-13-11)5-10(9)12/h5-7,13H,3-4H2,1-2H3. The van der Waals surface area contributed by atoms with Crippen molar-refractivity contribution in [2.45, 2.75) is 26.2 Å². The minimum absolute atomic E-state index is 0.0579. The van der Waals surface area contributed by atoms with Crippen molar-refractivity contribution >= 4 is 5.69 Å². The van der Waals surface area contributed by atoms with Gasteiger partial charge in [0.1, 0.15) is 5.82 Å². The van der Waals surface area contributed by atoms with Gasteiger partial charge in [0.2, 0.25) is 0 Å². The second-order valence-corrected chi connectivity index (χ2v) is 3.86. The van der Waals surface area contributed by atoms with Gasteiger partial charge >= 0.3 is 0 Å². The van der Waals surface area contributed by atoms with Crippen LogP contribution in [0.3, 0.4) is 0 Å². The van der Waals surface area contributed by atoms with Crippen LogP contribution in [0, 0.1) is 5.82 Å². The second kappa shape index (κ2) is 3.02. The highest BCUT2D eigenvalue weighted by Crippen LogP contribution is 2.29. The van der Waals surface area contributed by atoms with Crippen molar-refractivity contribution in [3.8, 4) is 0 Å². The van der Waals surface area contributed by atoms with Crippen molar-refractivity contribution in [3.05, 3.63) is 29.1 Å². The second-order valence-electron chi connectivity index (χ2n) is 3.86. The summed E-state index contributed by atoms with van der Waals surface area (Å²) in [6.07, 6.45) is 0.949. The third kappa shape index (κ3) is 1.41. The molecule has 1 N–H and O–H groups in total. The monoisotopic (exact) mass is 179 g/mol. The molecule has 0 radical (unpaired) electrons. The third-order valence-electron chi connectivity index (χ3n) is 2.55. The molecule has 0 spiro atoms. The molecule has 0 atom stereocenters. The molecule has 0 saturated carbocycles. The first-order valence-corrected chi connectivity index (χ1v) is 4.74. The molecule has 70 valence electrons. The van der Waals surface area contributed by atoms with E-state index in [4.69, 9.17) is 0 Å². The van der Waals surface area contributed by atoms with Crippen LogP contribution in [0.1, 0.15) is 30.9 Å². The lowest BCUT2D eigenvalue weighted by Gasteiger charge is -2.09. The fourth-order valence-electron chi connectivity index (χ4n) is 1.78. The number of nitrogens with one attached hydrogen (secondary N) is 1. The smallest absolute Gasteiger partial charge is 0.127 e. The first-order valence-electron chi connectivity index (χ1n) is 4.74. The van der Waals surface area contributed by atoms with E-state index in [9.17, 15) is 4.39 Å². The lowest BCUT2D eigenvalue weighted by molar-refractivity contribution is 0.597. The van der Waals surface area contributed by atoms with Gasteiger partial charge < -0.3 is 5.32 Å². The van der Waals surface area contributed by atoms with E-state index in [0.717, 1.165) is 29.8 Å². The van der Waals surface area contributed by atoms with Crippen LogP contribution in [-0.4, -0.2) is 6.54 Å². The number of anilines is 1. The van der Waals surface area contributed by atoms with Crippen LogP contribution >= 0.6 is 0 Å². The summed E-state index contributed by atoms with van der Waals surface area (Å²) < 4.78 is 13.5. The van der Waals surface area contributed by atoms with Crippen LogP contribution in [0.15, 0.2) is 12.1 Å². The van der Waals surface area contributed by atoms with Crippen molar-refractivity contribution in [3.63, 3.8) is 0 Å². The lowest BCUT2D eigenvalue weighted by atomic mass is 9.99. The van der Waals surface area contributed by atoms with Gasteiger partial charge in [-0.15, -0.1) is 0 Å². The average molecular weight is 179 g/mol. The molecule has 2 heteroatoms. The van der Waals surface area contributed by atoms with E-state index in [1.54, 1.807) is 6.07 Å². The topological polar surface area (TPSA) is 12.0 Å². The Morgan fingerprint density at radius 3 is 2.85 bits per heavy atom. The van der Waals surface area contributed by atoms with Crippen LogP contribution in [0.2, 0.25) is 0 Å². The quantitative estimate of drug-likeness (QED) is 0.699. The van der Waals surface area contributed by atoms with Gasteiger partial charge in [0.05, 0.1) is 0 Å². The zero-order chi connectivity index (χ0) is 9.42. The first kappa shape index (κ1) is 8.54. The van der Waals surface area contributed by atoms with Crippen molar-refractivity contribution in [2.75, 3.05) is 11.9 Å². The van der Waals surface area contributed by atoms with Crippen molar-refractivity contribution in [1.29, 1.82) is 0 Å². The summed E-state index contributed by atoms with van der Waals surface area (Å²) in [5, 5.41) is 3.26. The first-order chi connectivity index (χ1) is 6.18. The Morgan fingerprint density at radius 1 is 1.38 bits per heavy atom. The highest BCUT2D eigenvalue weighted by atomic mass is 19.1. The predicted molar refractivity (Wildman–Crippen MR) is 52.7 cm³/mol. The maximum Gasteiger partial charge on any atom is 0.127 e. The molecule has 0 unspecified atom stereocenters. The zero-order valence-electron chi connectivity index (χ0n) is 8.02. The molecule has 1 aliphatic heterocycles. The van der Waals surface area contributed by atoms with Gasteiger partial charge in [-0.05, 0) is 35.6 Å². The largest absolute Gasteiger partial charge is 0.384 e.